The van der Waals surface area contributed by atoms with E-state index in [0.717, 1.165) is 12.1 Å². The van der Waals surface area contributed by atoms with E-state index in [1.165, 1.54) is 6.21 Å². The van der Waals surface area contributed by atoms with Crippen molar-refractivity contribution in [2.75, 3.05) is 0 Å². The van der Waals surface area contributed by atoms with Gasteiger partial charge in [0, 0.05) is 5.56 Å². The zero-order valence-electron chi connectivity index (χ0n) is 14.0. The molecule has 3 rings (SSSR count). The third kappa shape index (κ3) is 4.55. The number of aromatic hydroxyl groups is 3. The molecule has 0 bridgehead atoms. The third-order valence-corrected chi connectivity index (χ3v) is 3.55. The summed E-state index contributed by atoms with van der Waals surface area (Å²) in [6, 6.07) is 18.5. The number of benzene rings is 3. The SMILES string of the molecule is O=C(NN=Cc1cccc(Oc2ccccc2)c1)c1cc(O)c(O)c(O)c1. The van der Waals surface area contributed by atoms with Crippen LogP contribution in [0.1, 0.15) is 15.9 Å². The number of carbonyl (C=O) groups is 1. The molecule has 7 heteroatoms. The van der Waals surface area contributed by atoms with E-state index in [4.69, 9.17) is 4.74 Å². The van der Waals surface area contributed by atoms with Crippen LogP contribution in [0.4, 0.5) is 0 Å². The predicted molar refractivity (Wildman–Crippen MR) is 99.5 cm³/mol. The number of hydrogen-bond donors (Lipinski definition) is 4. The molecule has 3 aromatic rings. The quantitative estimate of drug-likeness (QED) is 0.315. The number of nitrogens with one attached hydrogen (secondary N) is 1. The summed E-state index contributed by atoms with van der Waals surface area (Å²) in [4.78, 5) is 12.0. The van der Waals surface area contributed by atoms with Crippen LogP contribution < -0.4 is 10.2 Å². The Kier molecular flexibility index (Phi) is 5.22. The lowest BCUT2D eigenvalue weighted by atomic mass is 10.2. The fourth-order valence-electron chi connectivity index (χ4n) is 2.25. The second kappa shape index (κ2) is 7.92. The van der Waals surface area contributed by atoms with Crippen molar-refractivity contribution < 1.29 is 24.9 Å². The van der Waals surface area contributed by atoms with Crippen molar-refractivity contribution >= 4 is 12.1 Å². The molecule has 4 N–H and O–H groups in total. The molecule has 0 aliphatic carbocycles. The lowest BCUT2D eigenvalue weighted by Crippen LogP contribution is -2.17. The highest BCUT2D eigenvalue weighted by atomic mass is 16.5. The Balaban J connectivity index is 1.66. The molecule has 1 amide bonds. The first-order valence-corrected chi connectivity index (χ1v) is 7.94. The van der Waals surface area contributed by atoms with E-state index in [1.54, 1.807) is 24.3 Å². The maximum atomic E-state index is 12.0. The number of hydrazone groups is 1. The van der Waals surface area contributed by atoms with Crippen molar-refractivity contribution in [1.29, 1.82) is 0 Å². The highest BCUT2D eigenvalue weighted by molar-refractivity contribution is 5.96. The Morgan fingerprint density at radius 3 is 2.26 bits per heavy atom. The topological polar surface area (TPSA) is 111 Å². The van der Waals surface area contributed by atoms with Crippen LogP contribution in [-0.2, 0) is 0 Å². The van der Waals surface area contributed by atoms with Crippen molar-refractivity contribution in [2.45, 2.75) is 0 Å². The first kappa shape index (κ1) is 17.8. The summed E-state index contributed by atoms with van der Waals surface area (Å²) in [5, 5.41) is 32.0. The standard InChI is InChI=1S/C20H16N2O5/c23-17-10-14(11-18(24)19(17)25)20(26)22-21-12-13-5-4-8-16(9-13)27-15-6-2-1-3-7-15/h1-12,23-25H,(H,22,26). The molecule has 27 heavy (non-hydrogen) atoms. The minimum Gasteiger partial charge on any atom is -0.504 e. The number of hydrogen-bond acceptors (Lipinski definition) is 6. The van der Waals surface area contributed by atoms with E-state index in [0.29, 0.717) is 17.1 Å². The van der Waals surface area contributed by atoms with Gasteiger partial charge >= 0.3 is 0 Å². The Morgan fingerprint density at radius 1 is 0.889 bits per heavy atom. The van der Waals surface area contributed by atoms with Gasteiger partial charge in [0.05, 0.1) is 6.21 Å². The Labute approximate surface area is 154 Å². The molecule has 0 fully saturated rings. The summed E-state index contributed by atoms with van der Waals surface area (Å²) in [7, 11) is 0. The summed E-state index contributed by atoms with van der Waals surface area (Å²) < 4.78 is 5.73. The molecule has 0 aromatic heterocycles. The van der Waals surface area contributed by atoms with Crippen LogP contribution in [0.2, 0.25) is 0 Å². The number of phenolic OH excluding ortho intramolecular Hbond substituents is 3. The molecule has 0 spiro atoms. The monoisotopic (exact) mass is 364 g/mol. The summed E-state index contributed by atoms with van der Waals surface area (Å²) in [5.41, 5.74) is 2.92. The normalized spacial score (nSPS) is 10.7. The highest BCUT2D eigenvalue weighted by Crippen LogP contribution is 2.35. The number of phenols is 3. The minimum absolute atomic E-state index is 0.0545. The Bertz CT molecular complexity index is 964. The van der Waals surface area contributed by atoms with Gasteiger partial charge in [0.1, 0.15) is 11.5 Å². The van der Waals surface area contributed by atoms with Crippen LogP contribution in [0.3, 0.4) is 0 Å². The fraction of sp³-hybridized carbons (Fsp3) is 0. The summed E-state index contributed by atoms with van der Waals surface area (Å²) >= 11 is 0. The zero-order valence-corrected chi connectivity index (χ0v) is 14.0. The average molecular weight is 364 g/mol. The van der Waals surface area contributed by atoms with Gasteiger partial charge in [-0.25, -0.2) is 5.43 Å². The van der Waals surface area contributed by atoms with E-state index >= 15 is 0 Å². The molecule has 0 aliphatic heterocycles. The maximum Gasteiger partial charge on any atom is 0.271 e. The molecule has 0 saturated carbocycles. The number of nitrogens with zero attached hydrogens (tertiary/aromatic N) is 1. The van der Waals surface area contributed by atoms with Crippen LogP contribution in [0.5, 0.6) is 28.7 Å². The number of ether oxygens (including phenoxy) is 1. The van der Waals surface area contributed by atoms with Gasteiger partial charge in [-0.15, -0.1) is 0 Å². The average Bonchev–Trinajstić information content (AvgIpc) is 2.67. The zero-order chi connectivity index (χ0) is 19.2. The second-order valence-electron chi connectivity index (χ2n) is 5.55. The molecule has 3 aromatic carbocycles. The Morgan fingerprint density at radius 2 is 1.56 bits per heavy atom. The number of amides is 1. The van der Waals surface area contributed by atoms with Crippen molar-refractivity contribution in [2.24, 2.45) is 5.10 Å². The van der Waals surface area contributed by atoms with Crippen LogP contribution >= 0.6 is 0 Å². The molecule has 0 radical (unpaired) electrons. The molecule has 0 aliphatic rings. The molecular weight excluding hydrogens is 348 g/mol. The first-order chi connectivity index (χ1) is 13.0. The number of para-hydroxylation sites is 1. The summed E-state index contributed by atoms with van der Waals surface area (Å²) in [6.07, 6.45) is 1.43. The van der Waals surface area contributed by atoms with Gasteiger partial charge in [-0.1, -0.05) is 30.3 Å². The van der Waals surface area contributed by atoms with Gasteiger partial charge < -0.3 is 20.1 Å². The van der Waals surface area contributed by atoms with Gasteiger partial charge in [-0.2, -0.15) is 5.10 Å². The van der Waals surface area contributed by atoms with Crippen molar-refractivity contribution in [3.05, 3.63) is 77.9 Å². The van der Waals surface area contributed by atoms with Gasteiger partial charge in [-0.3, -0.25) is 4.79 Å². The maximum absolute atomic E-state index is 12.0. The third-order valence-electron chi connectivity index (χ3n) is 3.55. The summed E-state index contributed by atoms with van der Waals surface area (Å²) in [6.45, 7) is 0. The van der Waals surface area contributed by atoms with Gasteiger partial charge in [0.2, 0.25) is 0 Å². The smallest absolute Gasteiger partial charge is 0.271 e. The molecule has 7 nitrogen and oxygen atoms in total. The molecule has 0 heterocycles. The number of rotatable bonds is 5. The van der Waals surface area contributed by atoms with Gasteiger partial charge in [-0.05, 0) is 42.0 Å². The van der Waals surface area contributed by atoms with Crippen LogP contribution in [0, 0.1) is 0 Å². The molecule has 136 valence electrons. The largest absolute Gasteiger partial charge is 0.504 e. The lowest BCUT2D eigenvalue weighted by Gasteiger charge is -2.06. The van der Waals surface area contributed by atoms with Gasteiger partial charge in [0.15, 0.2) is 17.2 Å². The summed E-state index contributed by atoms with van der Waals surface area (Å²) in [5.74, 6) is -1.24. The predicted octanol–water partition coefficient (Wildman–Crippen LogP) is 3.36. The van der Waals surface area contributed by atoms with E-state index in [-0.39, 0.29) is 5.56 Å². The highest BCUT2D eigenvalue weighted by Gasteiger charge is 2.12. The molecule has 0 unspecified atom stereocenters. The number of carbonyl (C=O) groups excluding carboxylic acids is 1. The van der Waals surface area contributed by atoms with E-state index in [2.05, 4.69) is 10.5 Å². The lowest BCUT2D eigenvalue weighted by molar-refractivity contribution is 0.0954. The van der Waals surface area contributed by atoms with E-state index in [9.17, 15) is 20.1 Å². The van der Waals surface area contributed by atoms with Crippen molar-refractivity contribution in [1.82, 2.24) is 5.43 Å². The van der Waals surface area contributed by atoms with Gasteiger partial charge in [0.25, 0.3) is 5.91 Å². The molecule has 0 atom stereocenters. The van der Waals surface area contributed by atoms with E-state index < -0.39 is 23.2 Å². The van der Waals surface area contributed by atoms with E-state index in [1.807, 2.05) is 30.3 Å². The van der Waals surface area contributed by atoms with Crippen molar-refractivity contribution in [3.63, 3.8) is 0 Å². The first-order valence-electron chi connectivity index (χ1n) is 7.94. The fourth-order valence-corrected chi connectivity index (χ4v) is 2.25. The van der Waals surface area contributed by atoms with Crippen LogP contribution in [-0.4, -0.2) is 27.4 Å². The second-order valence-corrected chi connectivity index (χ2v) is 5.55. The van der Waals surface area contributed by atoms with Crippen LogP contribution in [0.25, 0.3) is 0 Å². The minimum atomic E-state index is -0.690. The van der Waals surface area contributed by atoms with Crippen LogP contribution in [0.15, 0.2) is 71.8 Å². The Hall–Kier alpha value is -4.00. The molecular formula is C20H16N2O5. The van der Waals surface area contributed by atoms with Crippen molar-refractivity contribution in [3.8, 4) is 28.7 Å². The molecule has 0 saturated heterocycles.